The molecule has 0 unspecified atom stereocenters. The third kappa shape index (κ3) is 30.4. The van der Waals surface area contributed by atoms with Crippen molar-refractivity contribution < 1.29 is 43.0 Å². The van der Waals surface area contributed by atoms with E-state index in [2.05, 4.69) is 10.6 Å². The van der Waals surface area contributed by atoms with Crippen LogP contribution in [-0.2, 0) is 43.0 Å². The van der Waals surface area contributed by atoms with Gasteiger partial charge in [0.15, 0.2) is 0 Å². The molecule has 0 bridgehead atoms. The fourth-order valence-corrected chi connectivity index (χ4v) is 5.41. The molecule has 4 N–H and O–H groups in total. The predicted molar refractivity (Wildman–Crippen MR) is 203 cm³/mol. The normalized spacial score (nSPS) is 13.1. The second-order valence-corrected chi connectivity index (χ2v) is 16.9. The standard InChI is InChI=1S/C40H73N3O9/c1-38(2,3)50-35(47)25-23-21-19-17-15-13-11-10-12-14-16-18-20-22-24-33(45)42-31(37(49)52-40(7,8)9)27-29-34(46)43-30(26-28-32(41)44)36(48)51-39(4,5)6/h30-31H,10-29H2,1-9H3,(H2,41,44)(H,42,45)(H,43,46)/t30-,31-/m0/s1. The molecule has 0 aromatic rings. The first kappa shape index (κ1) is 48.8. The number of unbranched alkanes of at least 4 members (excludes halogenated alkanes) is 13. The minimum Gasteiger partial charge on any atom is -0.460 e. The van der Waals surface area contributed by atoms with Crippen molar-refractivity contribution in [3.05, 3.63) is 0 Å². The molecule has 0 spiro atoms. The maximum atomic E-state index is 12.9. The number of hydrogen-bond acceptors (Lipinski definition) is 9. The van der Waals surface area contributed by atoms with E-state index in [-0.39, 0.29) is 44.0 Å². The lowest BCUT2D eigenvalue weighted by Crippen LogP contribution is -2.47. The van der Waals surface area contributed by atoms with E-state index in [4.69, 9.17) is 19.9 Å². The Hall–Kier alpha value is -3.18. The summed E-state index contributed by atoms with van der Waals surface area (Å²) in [6.45, 7) is 15.9. The lowest BCUT2D eigenvalue weighted by Gasteiger charge is -2.26. The quantitative estimate of drug-likeness (QED) is 0.0444. The molecule has 3 amide bonds. The summed E-state index contributed by atoms with van der Waals surface area (Å²) in [5, 5.41) is 5.32. The van der Waals surface area contributed by atoms with Gasteiger partial charge in [0.2, 0.25) is 17.7 Å². The van der Waals surface area contributed by atoms with Crippen LogP contribution in [0.2, 0.25) is 0 Å². The van der Waals surface area contributed by atoms with Crippen LogP contribution in [0.5, 0.6) is 0 Å². The maximum absolute atomic E-state index is 12.9. The van der Waals surface area contributed by atoms with E-state index in [0.29, 0.717) is 12.8 Å². The van der Waals surface area contributed by atoms with Crippen LogP contribution in [0.1, 0.15) is 191 Å². The molecular weight excluding hydrogens is 666 g/mol. The molecule has 0 aliphatic heterocycles. The first-order valence-electron chi connectivity index (χ1n) is 19.6. The van der Waals surface area contributed by atoms with Gasteiger partial charge in [0.05, 0.1) is 0 Å². The number of nitrogens with two attached hydrogens (primary N) is 1. The van der Waals surface area contributed by atoms with Crippen molar-refractivity contribution in [2.45, 2.75) is 220 Å². The Labute approximate surface area is 314 Å². The molecule has 0 fully saturated rings. The largest absolute Gasteiger partial charge is 0.460 e. The number of esters is 3. The molecule has 0 radical (unpaired) electrons. The highest BCUT2D eigenvalue weighted by atomic mass is 16.6. The summed E-state index contributed by atoms with van der Waals surface area (Å²) in [7, 11) is 0. The second kappa shape index (κ2) is 25.7. The number of carbonyl (C=O) groups excluding carboxylic acids is 6. The van der Waals surface area contributed by atoms with Gasteiger partial charge in [-0.15, -0.1) is 0 Å². The summed E-state index contributed by atoms with van der Waals surface area (Å²) in [6.07, 6.45) is 15.9. The zero-order chi connectivity index (χ0) is 39.8. The van der Waals surface area contributed by atoms with Crippen LogP contribution in [0.4, 0.5) is 0 Å². The Bertz CT molecular complexity index is 1090. The maximum Gasteiger partial charge on any atom is 0.329 e. The second-order valence-electron chi connectivity index (χ2n) is 16.9. The van der Waals surface area contributed by atoms with E-state index in [1.807, 2.05) is 20.8 Å². The fourth-order valence-electron chi connectivity index (χ4n) is 5.41. The van der Waals surface area contributed by atoms with E-state index in [1.54, 1.807) is 41.5 Å². The smallest absolute Gasteiger partial charge is 0.329 e. The Kier molecular flexibility index (Phi) is 24.2. The fraction of sp³-hybridized carbons (Fsp3) is 0.850. The number of ether oxygens (including phenoxy) is 3. The third-order valence-electron chi connectivity index (χ3n) is 7.85. The minimum atomic E-state index is -1.08. The summed E-state index contributed by atoms with van der Waals surface area (Å²) in [5.41, 5.74) is 3.25. The van der Waals surface area contributed by atoms with Crippen molar-refractivity contribution in [1.29, 1.82) is 0 Å². The van der Waals surface area contributed by atoms with Crippen LogP contribution >= 0.6 is 0 Å². The van der Waals surface area contributed by atoms with Crippen molar-refractivity contribution in [2.24, 2.45) is 5.73 Å². The van der Waals surface area contributed by atoms with Crippen molar-refractivity contribution in [1.82, 2.24) is 10.6 Å². The van der Waals surface area contributed by atoms with Crippen LogP contribution in [-0.4, -0.2) is 64.5 Å². The Morgan fingerprint density at radius 2 is 0.750 bits per heavy atom. The lowest BCUT2D eigenvalue weighted by atomic mass is 10.0. The minimum absolute atomic E-state index is 0.0237. The third-order valence-corrected chi connectivity index (χ3v) is 7.85. The van der Waals surface area contributed by atoms with E-state index in [9.17, 15) is 28.8 Å². The lowest BCUT2D eigenvalue weighted by molar-refractivity contribution is -0.160. The predicted octanol–water partition coefficient (Wildman–Crippen LogP) is 7.27. The van der Waals surface area contributed by atoms with Gasteiger partial charge < -0.3 is 30.6 Å². The molecule has 0 rings (SSSR count). The van der Waals surface area contributed by atoms with Gasteiger partial charge in [-0.2, -0.15) is 0 Å². The first-order chi connectivity index (χ1) is 24.1. The molecule has 0 saturated carbocycles. The van der Waals surface area contributed by atoms with Crippen LogP contribution in [0, 0.1) is 0 Å². The molecule has 0 heterocycles. The van der Waals surface area contributed by atoms with Crippen LogP contribution in [0.25, 0.3) is 0 Å². The molecule has 52 heavy (non-hydrogen) atoms. The van der Waals surface area contributed by atoms with Crippen molar-refractivity contribution in [3.63, 3.8) is 0 Å². The Morgan fingerprint density at radius 1 is 0.442 bits per heavy atom. The van der Waals surface area contributed by atoms with Gasteiger partial charge >= 0.3 is 17.9 Å². The number of nitrogens with one attached hydrogen (secondary N) is 2. The molecule has 12 heteroatoms. The van der Waals surface area contributed by atoms with E-state index in [0.717, 1.165) is 38.5 Å². The highest BCUT2D eigenvalue weighted by molar-refractivity contribution is 5.87. The number of amides is 3. The molecule has 0 aromatic carbocycles. The van der Waals surface area contributed by atoms with Crippen molar-refractivity contribution >= 4 is 35.6 Å². The SMILES string of the molecule is CC(C)(C)OC(=O)CCCCCCCCCCCCCCCCC(=O)N[C@@H](CCC(=O)N[C@@H](CCC(N)=O)C(=O)OC(C)(C)C)C(=O)OC(C)(C)C. The first-order valence-corrected chi connectivity index (χ1v) is 19.6. The number of hydrogen-bond donors (Lipinski definition) is 3. The average molecular weight is 740 g/mol. The van der Waals surface area contributed by atoms with Gasteiger partial charge in [-0.3, -0.25) is 19.2 Å². The van der Waals surface area contributed by atoms with E-state index in [1.165, 1.54) is 44.9 Å². The topological polar surface area (TPSA) is 180 Å². The van der Waals surface area contributed by atoms with Gasteiger partial charge in [-0.25, -0.2) is 9.59 Å². The van der Waals surface area contributed by atoms with Gasteiger partial charge in [-0.05, 0) is 88.0 Å². The summed E-state index contributed by atoms with van der Waals surface area (Å²) in [4.78, 5) is 74.3. The molecule has 0 aliphatic rings. The molecule has 302 valence electrons. The Morgan fingerprint density at radius 3 is 1.10 bits per heavy atom. The van der Waals surface area contributed by atoms with Crippen molar-refractivity contribution in [2.75, 3.05) is 0 Å². The van der Waals surface area contributed by atoms with E-state index < -0.39 is 52.6 Å². The zero-order valence-corrected chi connectivity index (χ0v) is 34.0. The molecule has 0 aromatic heterocycles. The van der Waals surface area contributed by atoms with Gasteiger partial charge in [0.1, 0.15) is 28.9 Å². The van der Waals surface area contributed by atoms with E-state index >= 15 is 0 Å². The monoisotopic (exact) mass is 740 g/mol. The molecule has 0 aliphatic carbocycles. The summed E-state index contributed by atoms with van der Waals surface area (Å²) in [6, 6.07) is -2.12. The summed E-state index contributed by atoms with van der Waals surface area (Å²) in [5.74, 6) is -2.87. The number of carbonyl (C=O) groups is 6. The van der Waals surface area contributed by atoms with Crippen LogP contribution in [0.3, 0.4) is 0 Å². The van der Waals surface area contributed by atoms with Gasteiger partial charge in [0, 0.05) is 25.7 Å². The van der Waals surface area contributed by atoms with Crippen molar-refractivity contribution in [3.8, 4) is 0 Å². The number of primary amides is 1. The highest BCUT2D eigenvalue weighted by Gasteiger charge is 2.30. The Balaban J connectivity index is 4.41. The highest BCUT2D eigenvalue weighted by Crippen LogP contribution is 2.17. The molecule has 12 nitrogen and oxygen atoms in total. The molecule has 2 atom stereocenters. The zero-order valence-electron chi connectivity index (χ0n) is 34.0. The van der Waals surface area contributed by atoms with Gasteiger partial charge in [-0.1, -0.05) is 77.0 Å². The van der Waals surface area contributed by atoms with Crippen LogP contribution < -0.4 is 16.4 Å². The summed E-state index contributed by atoms with van der Waals surface area (Å²) >= 11 is 0. The average Bonchev–Trinajstić information content (AvgIpc) is 2.98. The van der Waals surface area contributed by atoms with Gasteiger partial charge in [0.25, 0.3) is 0 Å². The molecule has 0 saturated heterocycles. The molecular formula is C40H73N3O9. The summed E-state index contributed by atoms with van der Waals surface area (Å²) < 4.78 is 16.2. The number of rotatable bonds is 27. The van der Waals surface area contributed by atoms with Crippen LogP contribution in [0.15, 0.2) is 0 Å².